The van der Waals surface area contributed by atoms with Crippen molar-refractivity contribution in [3.05, 3.63) is 71.8 Å². The van der Waals surface area contributed by atoms with Crippen molar-refractivity contribution >= 4 is 17.4 Å². The van der Waals surface area contributed by atoms with Gasteiger partial charge in [-0.05, 0) is 48.4 Å². The quantitative estimate of drug-likeness (QED) is 0.728. The third-order valence-electron chi connectivity index (χ3n) is 3.54. The zero-order valence-electron chi connectivity index (χ0n) is 13.3. The molecule has 0 aliphatic carbocycles. The number of carbonyl (C=O) groups is 1. The summed E-state index contributed by atoms with van der Waals surface area (Å²) in [5.41, 5.74) is 2.46. The maximum Gasteiger partial charge on any atom is 0.272 e. The molecule has 0 unspecified atom stereocenters. The second-order valence-electron chi connectivity index (χ2n) is 5.24. The van der Waals surface area contributed by atoms with Crippen LogP contribution in [-0.2, 0) is 13.0 Å². The van der Waals surface area contributed by atoms with Crippen LogP contribution in [0, 0.1) is 0 Å². The monoisotopic (exact) mass is 322 g/mol. The number of aromatic nitrogens is 2. The van der Waals surface area contributed by atoms with Gasteiger partial charge in [0.25, 0.3) is 5.91 Å². The molecule has 24 heavy (non-hydrogen) atoms. The molecule has 0 aliphatic rings. The van der Waals surface area contributed by atoms with E-state index < -0.39 is 0 Å². The molecular weight excluding hydrogens is 304 g/mol. The lowest BCUT2D eigenvalue weighted by Gasteiger charge is -2.06. The zero-order valence-corrected chi connectivity index (χ0v) is 13.3. The van der Waals surface area contributed by atoms with Gasteiger partial charge < -0.3 is 15.1 Å². The van der Waals surface area contributed by atoms with E-state index in [1.165, 1.54) is 5.56 Å². The Morgan fingerprint density at radius 1 is 1.08 bits per heavy atom. The molecule has 3 aromatic rings. The summed E-state index contributed by atoms with van der Waals surface area (Å²) in [6.07, 6.45) is 2.57. The Hall–Kier alpha value is -3.15. The predicted molar refractivity (Wildman–Crippen MR) is 91.0 cm³/mol. The van der Waals surface area contributed by atoms with Crippen LogP contribution in [0.25, 0.3) is 0 Å². The van der Waals surface area contributed by atoms with Crippen molar-refractivity contribution in [1.29, 1.82) is 0 Å². The van der Waals surface area contributed by atoms with Gasteiger partial charge in [0.1, 0.15) is 5.76 Å². The molecule has 0 aliphatic heterocycles. The first kappa shape index (κ1) is 15.7. The number of amides is 1. The van der Waals surface area contributed by atoms with Crippen LogP contribution in [0.1, 0.15) is 28.7 Å². The maximum atomic E-state index is 12.0. The number of carbonyl (C=O) groups excluding carboxylic acids is 1. The van der Waals surface area contributed by atoms with E-state index in [1.807, 2.05) is 12.1 Å². The smallest absolute Gasteiger partial charge is 0.272 e. The van der Waals surface area contributed by atoms with E-state index in [-0.39, 0.29) is 11.6 Å². The van der Waals surface area contributed by atoms with E-state index in [1.54, 1.807) is 30.5 Å². The molecule has 6 heteroatoms. The van der Waals surface area contributed by atoms with Gasteiger partial charge in [0, 0.05) is 5.69 Å². The van der Waals surface area contributed by atoms with Crippen LogP contribution in [0.3, 0.4) is 0 Å². The van der Waals surface area contributed by atoms with Crippen LogP contribution in [0.5, 0.6) is 0 Å². The number of nitrogens with zero attached hydrogens (tertiary/aromatic N) is 2. The minimum Gasteiger partial charge on any atom is -0.467 e. The Balaban J connectivity index is 1.58. The fourth-order valence-electron chi connectivity index (χ4n) is 2.16. The molecule has 2 heterocycles. The summed E-state index contributed by atoms with van der Waals surface area (Å²) >= 11 is 0. The molecule has 0 atom stereocenters. The molecule has 0 spiro atoms. The lowest BCUT2D eigenvalue weighted by molar-refractivity contribution is 0.0942. The average Bonchev–Trinajstić information content (AvgIpc) is 3.14. The molecule has 2 N–H and O–H groups in total. The van der Waals surface area contributed by atoms with E-state index in [4.69, 9.17) is 4.42 Å². The molecule has 2 aromatic heterocycles. The Bertz CT molecular complexity index is 781. The van der Waals surface area contributed by atoms with Gasteiger partial charge in [0.05, 0.1) is 12.8 Å². The molecule has 0 fully saturated rings. The van der Waals surface area contributed by atoms with Gasteiger partial charge in [-0.15, -0.1) is 10.2 Å². The first-order valence-corrected chi connectivity index (χ1v) is 7.75. The van der Waals surface area contributed by atoms with Gasteiger partial charge in [0.15, 0.2) is 11.5 Å². The summed E-state index contributed by atoms with van der Waals surface area (Å²) in [5, 5.41) is 13.9. The number of aryl methyl sites for hydroxylation is 1. The summed E-state index contributed by atoms with van der Waals surface area (Å²) in [6.45, 7) is 2.43. The van der Waals surface area contributed by atoms with Crippen molar-refractivity contribution in [2.24, 2.45) is 0 Å². The van der Waals surface area contributed by atoms with Gasteiger partial charge in [-0.2, -0.15) is 0 Å². The van der Waals surface area contributed by atoms with E-state index in [0.29, 0.717) is 18.1 Å². The van der Waals surface area contributed by atoms with Crippen molar-refractivity contribution in [2.75, 3.05) is 5.32 Å². The standard InChI is InChI=1S/C18H18N4O2/c1-2-13-5-7-14(8-6-13)20-17-10-9-16(21-22-17)18(23)19-12-15-4-3-11-24-15/h3-11H,2,12H2,1H3,(H,19,23)(H,20,22). The van der Waals surface area contributed by atoms with Crippen LogP contribution in [0.2, 0.25) is 0 Å². The summed E-state index contributed by atoms with van der Waals surface area (Å²) in [4.78, 5) is 12.0. The topological polar surface area (TPSA) is 80.0 Å². The molecule has 1 aromatic carbocycles. The SMILES string of the molecule is CCc1ccc(Nc2ccc(C(=O)NCc3ccco3)nn2)cc1. The molecule has 0 saturated heterocycles. The average molecular weight is 322 g/mol. The van der Waals surface area contributed by atoms with E-state index in [9.17, 15) is 4.79 Å². The number of nitrogens with one attached hydrogen (secondary N) is 2. The molecular formula is C18H18N4O2. The predicted octanol–water partition coefficient (Wildman–Crippen LogP) is 3.31. The molecule has 6 nitrogen and oxygen atoms in total. The van der Waals surface area contributed by atoms with Gasteiger partial charge in [0.2, 0.25) is 0 Å². The summed E-state index contributed by atoms with van der Waals surface area (Å²) in [7, 11) is 0. The number of anilines is 2. The highest BCUT2D eigenvalue weighted by Gasteiger charge is 2.08. The third kappa shape index (κ3) is 3.98. The minimum atomic E-state index is -0.294. The fraction of sp³-hybridized carbons (Fsp3) is 0.167. The van der Waals surface area contributed by atoms with Crippen molar-refractivity contribution in [3.63, 3.8) is 0 Å². The third-order valence-corrected chi connectivity index (χ3v) is 3.54. The van der Waals surface area contributed by atoms with Gasteiger partial charge in [-0.25, -0.2) is 0 Å². The summed E-state index contributed by atoms with van der Waals surface area (Å²) in [6, 6.07) is 15.0. The molecule has 0 radical (unpaired) electrons. The summed E-state index contributed by atoms with van der Waals surface area (Å²) < 4.78 is 5.16. The lowest BCUT2D eigenvalue weighted by Crippen LogP contribution is -2.23. The lowest BCUT2D eigenvalue weighted by atomic mass is 10.1. The zero-order chi connectivity index (χ0) is 16.8. The normalized spacial score (nSPS) is 10.4. The van der Waals surface area contributed by atoms with Gasteiger partial charge >= 0.3 is 0 Å². The highest BCUT2D eigenvalue weighted by Crippen LogP contribution is 2.15. The molecule has 1 amide bonds. The number of hydrogen-bond acceptors (Lipinski definition) is 5. The highest BCUT2D eigenvalue weighted by atomic mass is 16.3. The molecule has 0 bridgehead atoms. The Labute approximate surface area is 139 Å². The number of rotatable bonds is 6. The van der Waals surface area contributed by atoms with E-state index in [0.717, 1.165) is 12.1 Å². The molecule has 3 rings (SSSR count). The fourth-order valence-corrected chi connectivity index (χ4v) is 2.16. The minimum absolute atomic E-state index is 0.258. The van der Waals surface area contributed by atoms with Crippen molar-refractivity contribution in [1.82, 2.24) is 15.5 Å². The number of furan rings is 1. The molecule has 0 saturated carbocycles. The second kappa shape index (κ2) is 7.41. The van der Waals surface area contributed by atoms with Crippen LogP contribution in [-0.4, -0.2) is 16.1 Å². The van der Waals surface area contributed by atoms with E-state index >= 15 is 0 Å². The number of benzene rings is 1. The van der Waals surface area contributed by atoms with Crippen molar-refractivity contribution < 1.29 is 9.21 Å². The highest BCUT2D eigenvalue weighted by molar-refractivity contribution is 5.92. The van der Waals surface area contributed by atoms with Crippen LogP contribution in [0.4, 0.5) is 11.5 Å². The first-order valence-electron chi connectivity index (χ1n) is 7.75. The van der Waals surface area contributed by atoms with Crippen LogP contribution < -0.4 is 10.6 Å². The van der Waals surface area contributed by atoms with Gasteiger partial charge in [-0.3, -0.25) is 4.79 Å². The molecule has 122 valence electrons. The van der Waals surface area contributed by atoms with Crippen LogP contribution in [0.15, 0.2) is 59.2 Å². The van der Waals surface area contributed by atoms with Crippen molar-refractivity contribution in [2.45, 2.75) is 19.9 Å². The number of hydrogen-bond donors (Lipinski definition) is 2. The maximum absolute atomic E-state index is 12.0. The van der Waals surface area contributed by atoms with E-state index in [2.05, 4.69) is 39.9 Å². The van der Waals surface area contributed by atoms with Crippen LogP contribution >= 0.6 is 0 Å². The second-order valence-corrected chi connectivity index (χ2v) is 5.24. The first-order chi connectivity index (χ1) is 11.7. The largest absolute Gasteiger partial charge is 0.467 e. The Kier molecular flexibility index (Phi) is 4.86. The Morgan fingerprint density at radius 2 is 1.92 bits per heavy atom. The van der Waals surface area contributed by atoms with Crippen molar-refractivity contribution in [3.8, 4) is 0 Å². The summed E-state index contributed by atoms with van der Waals surface area (Å²) in [5.74, 6) is 0.977. The van der Waals surface area contributed by atoms with Gasteiger partial charge in [-0.1, -0.05) is 19.1 Å². The Morgan fingerprint density at radius 3 is 2.54 bits per heavy atom.